The fourth-order valence-corrected chi connectivity index (χ4v) is 5.23. The fourth-order valence-electron chi connectivity index (χ4n) is 3.96. The van der Waals surface area contributed by atoms with Crippen molar-refractivity contribution in [1.82, 2.24) is 24.2 Å². The molecule has 37 heavy (non-hydrogen) atoms. The first kappa shape index (κ1) is 28.6. The van der Waals surface area contributed by atoms with E-state index in [2.05, 4.69) is 20.6 Å². The van der Waals surface area contributed by atoms with E-state index in [-0.39, 0.29) is 43.1 Å². The molecule has 0 unspecified atom stereocenters. The van der Waals surface area contributed by atoms with Crippen molar-refractivity contribution in [3.63, 3.8) is 0 Å². The van der Waals surface area contributed by atoms with Crippen molar-refractivity contribution in [2.75, 3.05) is 43.3 Å². The van der Waals surface area contributed by atoms with Crippen LogP contribution in [0, 0.1) is 11.6 Å². The number of aryl methyl sites for hydroxylation is 1. The van der Waals surface area contributed by atoms with Gasteiger partial charge in [-0.1, -0.05) is 0 Å². The lowest BCUT2D eigenvalue weighted by Gasteiger charge is -2.18. The summed E-state index contributed by atoms with van der Waals surface area (Å²) < 4.78 is 72.9. The molecule has 1 aliphatic rings. The Morgan fingerprint density at radius 1 is 1.22 bits per heavy atom. The van der Waals surface area contributed by atoms with Gasteiger partial charge < -0.3 is 10.6 Å². The van der Waals surface area contributed by atoms with Crippen LogP contribution >= 0.6 is 12.4 Å². The number of fused-ring (bicyclic) bond motifs is 1. The smallest absolute Gasteiger partial charge is 0.301 e. The Morgan fingerprint density at radius 2 is 1.97 bits per heavy atom. The van der Waals surface area contributed by atoms with Crippen LogP contribution in [0.5, 0.6) is 0 Å². The highest BCUT2D eigenvalue weighted by molar-refractivity contribution is 7.90. The summed E-state index contributed by atoms with van der Waals surface area (Å²) in [4.78, 5) is 21.6. The third-order valence-corrected chi connectivity index (χ3v) is 7.36. The number of pyridine rings is 1. The van der Waals surface area contributed by atoms with Gasteiger partial charge in [0.25, 0.3) is 5.56 Å². The first-order chi connectivity index (χ1) is 17.1. The van der Waals surface area contributed by atoms with Crippen LogP contribution in [0.1, 0.15) is 12.8 Å². The number of hydrogen-bond acceptors (Lipinski definition) is 7. The summed E-state index contributed by atoms with van der Waals surface area (Å²) in [7, 11) is -1.03. The molecule has 0 aliphatic carbocycles. The molecule has 0 radical (unpaired) electrons. The first-order valence-electron chi connectivity index (χ1n) is 11.3. The van der Waals surface area contributed by atoms with Crippen molar-refractivity contribution >= 4 is 45.3 Å². The van der Waals surface area contributed by atoms with Crippen molar-refractivity contribution in [3.05, 3.63) is 46.4 Å². The lowest BCUT2D eigenvalue weighted by Crippen LogP contribution is -2.34. The van der Waals surface area contributed by atoms with Crippen LogP contribution in [-0.2, 0) is 17.3 Å². The predicted molar refractivity (Wildman–Crippen MR) is 138 cm³/mol. The van der Waals surface area contributed by atoms with E-state index in [0.717, 1.165) is 34.0 Å². The fraction of sp³-hybridized carbons (Fsp3) is 0.409. The van der Waals surface area contributed by atoms with Gasteiger partial charge in [0.1, 0.15) is 17.6 Å². The summed E-state index contributed by atoms with van der Waals surface area (Å²) in [5.74, 6) is -2.03. The summed E-state index contributed by atoms with van der Waals surface area (Å²) in [6, 6.07) is 3.03. The Balaban J connectivity index is 0.00000380. The molecule has 10 nitrogen and oxygen atoms in total. The van der Waals surface area contributed by atoms with Gasteiger partial charge in [0, 0.05) is 38.3 Å². The number of nitrogens with zero attached hydrogens (tertiary/aromatic N) is 4. The maximum atomic E-state index is 15.4. The molecular formula is C22H27ClF3N7O3S. The molecule has 202 valence electrons. The van der Waals surface area contributed by atoms with E-state index in [1.807, 2.05) is 11.8 Å². The van der Waals surface area contributed by atoms with Crippen LogP contribution in [0.4, 0.5) is 24.8 Å². The van der Waals surface area contributed by atoms with Crippen LogP contribution in [0.15, 0.2) is 29.2 Å². The zero-order valence-electron chi connectivity index (χ0n) is 20.1. The van der Waals surface area contributed by atoms with Gasteiger partial charge in [-0.2, -0.15) is 17.7 Å². The maximum Gasteiger partial charge on any atom is 0.301 e. The second-order valence-corrected chi connectivity index (χ2v) is 10.1. The second kappa shape index (κ2) is 11.6. The standard InChI is InChI=1S/C22H26F3N7O3S.ClH/c1-26-7-3-8-27-22-28-11-13-10-15(21(33)31(2)20(13)29-22)18-16(24)4-5-17(19(18)25)30-36(34,35)32-9-6-14(23)12-32;/h4-5,10-11,14,26,30H,3,6-9,12H2,1-2H3,(H,27,28,29);1H/t14-;/m1./s1. The number of anilines is 2. The number of nitrogens with one attached hydrogen (secondary N) is 3. The molecule has 3 heterocycles. The van der Waals surface area contributed by atoms with E-state index >= 15 is 4.39 Å². The van der Waals surface area contributed by atoms with Gasteiger partial charge in [-0.05, 0) is 44.6 Å². The van der Waals surface area contributed by atoms with Gasteiger partial charge in [0.2, 0.25) is 5.95 Å². The average molecular weight is 562 g/mol. The largest absolute Gasteiger partial charge is 0.354 e. The van der Waals surface area contributed by atoms with E-state index in [0.29, 0.717) is 17.9 Å². The average Bonchev–Trinajstić information content (AvgIpc) is 3.29. The highest BCUT2D eigenvalue weighted by atomic mass is 35.5. The zero-order chi connectivity index (χ0) is 26.0. The van der Waals surface area contributed by atoms with Gasteiger partial charge in [0.15, 0.2) is 5.82 Å². The molecule has 3 aromatic rings. The molecule has 0 bridgehead atoms. The molecule has 1 fully saturated rings. The minimum absolute atomic E-state index is 0. The van der Waals surface area contributed by atoms with Crippen LogP contribution in [-0.4, -0.2) is 66.7 Å². The lowest BCUT2D eigenvalue weighted by molar-refractivity contribution is 0.343. The van der Waals surface area contributed by atoms with E-state index in [4.69, 9.17) is 0 Å². The summed E-state index contributed by atoms with van der Waals surface area (Å²) in [5, 5.41) is 6.42. The molecule has 1 atom stereocenters. The monoisotopic (exact) mass is 561 g/mol. The highest BCUT2D eigenvalue weighted by Gasteiger charge is 2.32. The van der Waals surface area contributed by atoms with Crippen LogP contribution in [0.3, 0.4) is 0 Å². The van der Waals surface area contributed by atoms with Gasteiger partial charge in [-0.3, -0.25) is 14.1 Å². The molecule has 15 heteroatoms. The van der Waals surface area contributed by atoms with Crippen molar-refractivity contribution in [3.8, 4) is 11.1 Å². The van der Waals surface area contributed by atoms with E-state index in [1.165, 1.54) is 19.3 Å². The van der Waals surface area contributed by atoms with E-state index in [9.17, 15) is 22.0 Å². The van der Waals surface area contributed by atoms with E-state index in [1.54, 1.807) is 0 Å². The van der Waals surface area contributed by atoms with Gasteiger partial charge in [-0.15, -0.1) is 12.4 Å². The molecular weight excluding hydrogens is 535 g/mol. The van der Waals surface area contributed by atoms with Gasteiger partial charge in [-0.25, -0.2) is 18.2 Å². The van der Waals surface area contributed by atoms with Crippen molar-refractivity contribution in [1.29, 1.82) is 0 Å². The molecule has 3 N–H and O–H groups in total. The molecule has 0 saturated carbocycles. The van der Waals surface area contributed by atoms with E-state index < -0.39 is 44.8 Å². The van der Waals surface area contributed by atoms with Crippen molar-refractivity contribution < 1.29 is 21.6 Å². The Morgan fingerprint density at radius 3 is 2.65 bits per heavy atom. The predicted octanol–water partition coefficient (Wildman–Crippen LogP) is 2.42. The molecule has 2 aromatic heterocycles. The number of halogens is 4. The normalized spacial score (nSPS) is 16.1. The maximum absolute atomic E-state index is 15.4. The Labute approximate surface area is 217 Å². The summed E-state index contributed by atoms with van der Waals surface area (Å²) >= 11 is 0. The van der Waals surface area contributed by atoms with Crippen LogP contribution < -0.4 is 20.9 Å². The number of benzene rings is 1. The molecule has 1 aromatic carbocycles. The molecule has 1 saturated heterocycles. The SMILES string of the molecule is CNCCCNc1ncc2cc(-c3c(F)ccc(NS(=O)(=O)N4CC[C@@H](F)C4)c3F)c(=O)n(C)c2n1.Cl. The number of hydrogen-bond donors (Lipinski definition) is 3. The molecule has 1 aliphatic heterocycles. The zero-order valence-corrected chi connectivity index (χ0v) is 21.7. The Bertz CT molecular complexity index is 1460. The highest BCUT2D eigenvalue weighted by Crippen LogP contribution is 2.31. The Hall–Kier alpha value is -2.94. The molecule has 4 rings (SSSR count). The minimum Gasteiger partial charge on any atom is -0.354 e. The lowest BCUT2D eigenvalue weighted by atomic mass is 10.0. The summed E-state index contributed by atoms with van der Waals surface area (Å²) in [6.07, 6.45) is 0.956. The Kier molecular flexibility index (Phi) is 9.00. The first-order valence-corrected chi connectivity index (χ1v) is 12.7. The topological polar surface area (TPSA) is 121 Å². The minimum atomic E-state index is -4.28. The number of rotatable bonds is 9. The molecule has 0 amide bonds. The third kappa shape index (κ3) is 5.98. The van der Waals surface area contributed by atoms with Crippen molar-refractivity contribution in [2.45, 2.75) is 19.0 Å². The van der Waals surface area contributed by atoms with Crippen LogP contribution in [0.25, 0.3) is 22.2 Å². The molecule has 0 spiro atoms. The second-order valence-electron chi connectivity index (χ2n) is 8.41. The van der Waals surface area contributed by atoms with Crippen molar-refractivity contribution in [2.24, 2.45) is 7.05 Å². The van der Waals surface area contributed by atoms with Gasteiger partial charge >= 0.3 is 10.2 Å². The number of aromatic nitrogens is 3. The van der Waals surface area contributed by atoms with Gasteiger partial charge in [0.05, 0.1) is 16.8 Å². The number of alkyl halides is 1. The quantitative estimate of drug-likeness (QED) is 0.343. The summed E-state index contributed by atoms with van der Waals surface area (Å²) in [6.45, 7) is 0.969. The summed E-state index contributed by atoms with van der Waals surface area (Å²) in [5.41, 5.74) is -2.07. The third-order valence-electron chi connectivity index (χ3n) is 5.87. The van der Waals surface area contributed by atoms with Crippen LogP contribution in [0.2, 0.25) is 0 Å².